The van der Waals surface area contributed by atoms with E-state index in [4.69, 9.17) is 4.74 Å². The number of carbonyl (C=O) groups excluding carboxylic acids is 1. The van der Waals surface area contributed by atoms with Gasteiger partial charge >= 0.3 is 6.03 Å². The number of nitrogens with zero attached hydrogens (tertiary/aromatic N) is 1. The number of anilines is 1. The van der Waals surface area contributed by atoms with Crippen LogP contribution in [-0.2, 0) is 4.74 Å². The maximum absolute atomic E-state index is 12.0. The Morgan fingerprint density at radius 3 is 2.78 bits per heavy atom. The van der Waals surface area contributed by atoms with Crippen LogP contribution in [-0.4, -0.2) is 43.0 Å². The Hall–Kier alpha value is -1.20. The standard InChI is InChI=1S/C13H18N2O2S/c1-10-9-15(7-8-17-10)13(16)14-11-3-5-12(18-2)6-4-11/h3-6,10H,7-9H2,1-2H3,(H,14,16)/t10-/m0/s1. The van der Waals surface area contributed by atoms with Gasteiger partial charge in [0.25, 0.3) is 0 Å². The molecule has 1 N–H and O–H groups in total. The molecule has 4 nitrogen and oxygen atoms in total. The fourth-order valence-electron chi connectivity index (χ4n) is 1.88. The Kier molecular flexibility index (Phi) is 4.49. The summed E-state index contributed by atoms with van der Waals surface area (Å²) in [5, 5.41) is 2.91. The number of ether oxygens (including phenoxy) is 1. The van der Waals surface area contributed by atoms with Crippen LogP contribution in [0.15, 0.2) is 29.2 Å². The SMILES string of the molecule is CSc1ccc(NC(=O)N2CCO[C@@H](C)C2)cc1. The van der Waals surface area contributed by atoms with Gasteiger partial charge in [-0.2, -0.15) is 0 Å². The average Bonchev–Trinajstić information content (AvgIpc) is 2.39. The van der Waals surface area contributed by atoms with Crippen molar-refractivity contribution >= 4 is 23.5 Å². The van der Waals surface area contributed by atoms with Crippen LogP contribution in [0, 0.1) is 0 Å². The predicted molar refractivity (Wildman–Crippen MR) is 74.2 cm³/mol. The molecule has 1 fully saturated rings. The minimum Gasteiger partial charge on any atom is -0.375 e. The van der Waals surface area contributed by atoms with Crippen molar-refractivity contribution in [2.24, 2.45) is 0 Å². The van der Waals surface area contributed by atoms with Crippen LogP contribution >= 0.6 is 11.8 Å². The van der Waals surface area contributed by atoms with E-state index in [1.807, 2.05) is 37.4 Å². The van der Waals surface area contributed by atoms with E-state index in [1.54, 1.807) is 16.7 Å². The first-order chi connectivity index (χ1) is 8.69. The van der Waals surface area contributed by atoms with E-state index in [-0.39, 0.29) is 12.1 Å². The molecule has 98 valence electrons. The maximum atomic E-state index is 12.0. The summed E-state index contributed by atoms with van der Waals surface area (Å²) in [7, 11) is 0. The molecular formula is C13H18N2O2S. The zero-order valence-corrected chi connectivity index (χ0v) is 11.5. The molecule has 5 heteroatoms. The summed E-state index contributed by atoms with van der Waals surface area (Å²) < 4.78 is 5.41. The molecule has 1 aromatic carbocycles. The topological polar surface area (TPSA) is 41.6 Å². The monoisotopic (exact) mass is 266 g/mol. The van der Waals surface area contributed by atoms with E-state index in [9.17, 15) is 4.79 Å². The lowest BCUT2D eigenvalue weighted by atomic mass is 10.3. The van der Waals surface area contributed by atoms with Gasteiger partial charge in [0, 0.05) is 23.7 Å². The molecule has 18 heavy (non-hydrogen) atoms. The minimum absolute atomic E-state index is 0.0537. The van der Waals surface area contributed by atoms with Crippen LogP contribution < -0.4 is 5.32 Å². The van der Waals surface area contributed by atoms with Crippen molar-refractivity contribution in [2.75, 3.05) is 31.3 Å². The average molecular weight is 266 g/mol. The van der Waals surface area contributed by atoms with Crippen molar-refractivity contribution in [1.82, 2.24) is 4.90 Å². The lowest BCUT2D eigenvalue weighted by Crippen LogP contribution is -2.46. The fraction of sp³-hybridized carbons (Fsp3) is 0.462. The normalized spacial score (nSPS) is 19.7. The highest BCUT2D eigenvalue weighted by atomic mass is 32.2. The highest BCUT2D eigenvalue weighted by Crippen LogP contribution is 2.18. The molecule has 0 saturated carbocycles. The highest BCUT2D eigenvalue weighted by molar-refractivity contribution is 7.98. The van der Waals surface area contributed by atoms with E-state index in [1.165, 1.54) is 4.90 Å². The Morgan fingerprint density at radius 2 is 2.17 bits per heavy atom. The molecule has 1 saturated heterocycles. The predicted octanol–water partition coefficient (Wildman–Crippen LogP) is 2.66. The van der Waals surface area contributed by atoms with Crippen LogP contribution in [0.2, 0.25) is 0 Å². The summed E-state index contributed by atoms with van der Waals surface area (Å²) in [5.41, 5.74) is 0.831. The molecule has 0 spiro atoms. The summed E-state index contributed by atoms with van der Waals surface area (Å²) in [5.74, 6) is 0. The third kappa shape index (κ3) is 3.40. The van der Waals surface area contributed by atoms with E-state index in [0.29, 0.717) is 19.7 Å². The summed E-state index contributed by atoms with van der Waals surface area (Å²) in [6.45, 7) is 3.89. The molecule has 1 aliphatic rings. The first-order valence-electron chi connectivity index (χ1n) is 6.00. The van der Waals surface area contributed by atoms with E-state index in [0.717, 1.165) is 5.69 Å². The van der Waals surface area contributed by atoms with E-state index >= 15 is 0 Å². The number of carbonyl (C=O) groups is 1. The fourth-order valence-corrected chi connectivity index (χ4v) is 2.29. The number of morpholine rings is 1. The van der Waals surface area contributed by atoms with Crippen molar-refractivity contribution in [3.63, 3.8) is 0 Å². The van der Waals surface area contributed by atoms with E-state index in [2.05, 4.69) is 5.32 Å². The van der Waals surface area contributed by atoms with Gasteiger partial charge in [-0.05, 0) is 37.4 Å². The van der Waals surface area contributed by atoms with Gasteiger partial charge in [0.2, 0.25) is 0 Å². The lowest BCUT2D eigenvalue weighted by Gasteiger charge is -2.31. The molecule has 0 bridgehead atoms. The molecule has 1 atom stereocenters. The Labute approximate surface area is 112 Å². The Balaban J connectivity index is 1.93. The van der Waals surface area contributed by atoms with Gasteiger partial charge in [-0.15, -0.1) is 11.8 Å². The molecule has 1 heterocycles. The summed E-state index contributed by atoms with van der Waals surface area (Å²) in [4.78, 5) is 15.0. The number of hydrogen-bond acceptors (Lipinski definition) is 3. The van der Waals surface area contributed by atoms with Crippen molar-refractivity contribution in [3.05, 3.63) is 24.3 Å². The van der Waals surface area contributed by atoms with E-state index < -0.39 is 0 Å². The van der Waals surface area contributed by atoms with Gasteiger partial charge in [-0.1, -0.05) is 0 Å². The van der Waals surface area contributed by atoms with Crippen molar-refractivity contribution < 1.29 is 9.53 Å². The van der Waals surface area contributed by atoms with Crippen molar-refractivity contribution in [3.8, 4) is 0 Å². The maximum Gasteiger partial charge on any atom is 0.322 e. The number of urea groups is 1. The Morgan fingerprint density at radius 1 is 1.44 bits per heavy atom. The third-order valence-electron chi connectivity index (χ3n) is 2.87. The van der Waals surface area contributed by atoms with Crippen LogP contribution in [0.1, 0.15) is 6.92 Å². The molecule has 0 aromatic heterocycles. The summed E-state index contributed by atoms with van der Waals surface area (Å²) in [6, 6.07) is 7.80. The first-order valence-corrected chi connectivity index (χ1v) is 7.23. The second-order valence-electron chi connectivity index (χ2n) is 4.29. The zero-order valence-electron chi connectivity index (χ0n) is 10.7. The lowest BCUT2D eigenvalue weighted by molar-refractivity contribution is -0.00138. The second kappa shape index (κ2) is 6.11. The van der Waals surface area contributed by atoms with Crippen LogP contribution in [0.4, 0.5) is 10.5 Å². The first kappa shape index (κ1) is 13.2. The molecule has 1 aromatic rings. The van der Waals surface area contributed by atoms with Crippen LogP contribution in [0.3, 0.4) is 0 Å². The summed E-state index contributed by atoms with van der Waals surface area (Å²) in [6.07, 6.45) is 2.14. The van der Waals surface area contributed by atoms with Gasteiger partial charge in [-0.25, -0.2) is 4.79 Å². The molecule has 2 amide bonds. The van der Waals surface area contributed by atoms with Gasteiger partial charge in [0.05, 0.1) is 12.7 Å². The van der Waals surface area contributed by atoms with Gasteiger partial charge in [-0.3, -0.25) is 0 Å². The molecule has 0 aliphatic carbocycles. The van der Waals surface area contributed by atoms with Crippen molar-refractivity contribution in [2.45, 2.75) is 17.9 Å². The van der Waals surface area contributed by atoms with Crippen LogP contribution in [0.25, 0.3) is 0 Å². The summed E-state index contributed by atoms with van der Waals surface area (Å²) >= 11 is 1.69. The third-order valence-corrected chi connectivity index (χ3v) is 3.61. The zero-order chi connectivity index (χ0) is 13.0. The smallest absolute Gasteiger partial charge is 0.322 e. The molecule has 1 aliphatic heterocycles. The quantitative estimate of drug-likeness (QED) is 0.837. The minimum atomic E-state index is -0.0537. The second-order valence-corrected chi connectivity index (χ2v) is 5.17. The van der Waals surface area contributed by atoms with Gasteiger partial charge in [0.15, 0.2) is 0 Å². The molecular weight excluding hydrogens is 248 g/mol. The van der Waals surface area contributed by atoms with Gasteiger partial charge in [0.1, 0.15) is 0 Å². The number of amides is 2. The number of rotatable bonds is 2. The Bertz CT molecular complexity index is 408. The molecule has 0 radical (unpaired) electrons. The number of thioether (sulfide) groups is 1. The number of hydrogen-bond donors (Lipinski definition) is 1. The van der Waals surface area contributed by atoms with Gasteiger partial charge < -0.3 is 15.0 Å². The number of benzene rings is 1. The largest absolute Gasteiger partial charge is 0.375 e. The molecule has 0 unspecified atom stereocenters. The molecule has 2 rings (SSSR count). The number of nitrogens with one attached hydrogen (secondary N) is 1. The van der Waals surface area contributed by atoms with Crippen LogP contribution in [0.5, 0.6) is 0 Å². The van der Waals surface area contributed by atoms with Crippen molar-refractivity contribution in [1.29, 1.82) is 0 Å². The highest BCUT2D eigenvalue weighted by Gasteiger charge is 2.21.